The Morgan fingerprint density at radius 1 is 1.39 bits per heavy atom. The minimum atomic E-state index is -0.0725. The van der Waals surface area contributed by atoms with Gasteiger partial charge in [-0.05, 0) is 31.4 Å². The van der Waals surface area contributed by atoms with Crippen LogP contribution in [0.4, 0.5) is 11.5 Å². The molecule has 1 aliphatic rings. The van der Waals surface area contributed by atoms with Gasteiger partial charge in [-0.1, -0.05) is 6.92 Å². The molecule has 0 saturated heterocycles. The third-order valence-electron chi connectivity index (χ3n) is 2.91. The van der Waals surface area contributed by atoms with Crippen LogP contribution in [-0.2, 0) is 9.59 Å². The number of anilines is 2. The molecule has 96 valence electrons. The van der Waals surface area contributed by atoms with Crippen LogP contribution < -0.4 is 10.6 Å². The van der Waals surface area contributed by atoms with E-state index in [1.54, 1.807) is 19.2 Å². The van der Waals surface area contributed by atoms with Crippen molar-refractivity contribution in [3.8, 4) is 0 Å². The highest BCUT2D eigenvalue weighted by Crippen LogP contribution is 2.30. The normalized spacial score (nSPS) is 14.1. The number of aromatic nitrogens is 1. The van der Waals surface area contributed by atoms with Gasteiger partial charge in [0.2, 0.25) is 11.8 Å². The Morgan fingerprint density at radius 3 is 2.67 bits per heavy atom. The second-order valence-electron chi connectivity index (χ2n) is 4.55. The van der Waals surface area contributed by atoms with Gasteiger partial charge in [-0.2, -0.15) is 0 Å². The number of carbonyl (C=O) groups excluding carboxylic acids is 2. The largest absolute Gasteiger partial charge is 0.324 e. The van der Waals surface area contributed by atoms with E-state index >= 15 is 0 Å². The van der Waals surface area contributed by atoms with Crippen molar-refractivity contribution in [2.75, 3.05) is 10.6 Å². The first-order valence-corrected chi connectivity index (χ1v) is 6.17. The van der Waals surface area contributed by atoms with Crippen LogP contribution >= 0.6 is 0 Å². The molecule has 5 heteroatoms. The highest BCUT2D eigenvalue weighted by atomic mass is 16.2. The molecule has 0 bridgehead atoms. The van der Waals surface area contributed by atoms with Crippen molar-refractivity contribution in [3.05, 3.63) is 17.8 Å². The fourth-order valence-electron chi connectivity index (χ4n) is 1.57. The third-order valence-corrected chi connectivity index (χ3v) is 2.91. The van der Waals surface area contributed by atoms with E-state index in [0.717, 1.165) is 18.4 Å². The molecule has 2 amide bonds. The van der Waals surface area contributed by atoms with Crippen molar-refractivity contribution in [1.29, 1.82) is 0 Å². The highest BCUT2D eigenvalue weighted by Gasteiger charge is 2.29. The summed E-state index contributed by atoms with van der Waals surface area (Å²) >= 11 is 0. The fraction of sp³-hybridized carbons (Fsp3) is 0.462. The molecule has 1 aromatic rings. The maximum absolute atomic E-state index is 11.6. The molecule has 18 heavy (non-hydrogen) atoms. The molecule has 1 saturated carbocycles. The summed E-state index contributed by atoms with van der Waals surface area (Å²) in [5.74, 6) is 0.676. The van der Waals surface area contributed by atoms with Crippen molar-refractivity contribution in [2.24, 2.45) is 5.92 Å². The van der Waals surface area contributed by atoms with Crippen LogP contribution in [0.2, 0.25) is 0 Å². The van der Waals surface area contributed by atoms with Crippen molar-refractivity contribution in [1.82, 2.24) is 4.98 Å². The third kappa shape index (κ3) is 3.06. The molecule has 0 aromatic carbocycles. The highest BCUT2D eigenvalue weighted by molar-refractivity contribution is 5.95. The van der Waals surface area contributed by atoms with E-state index in [1.165, 1.54) is 0 Å². The molecule has 0 spiro atoms. The smallest absolute Gasteiger partial charge is 0.227 e. The zero-order chi connectivity index (χ0) is 13.1. The number of hydrogen-bond acceptors (Lipinski definition) is 3. The number of rotatable bonds is 4. The number of aryl methyl sites for hydroxylation is 1. The first-order valence-electron chi connectivity index (χ1n) is 6.17. The van der Waals surface area contributed by atoms with Crippen molar-refractivity contribution >= 4 is 23.3 Å². The molecule has 1 heterocycles. The minimum Gasteiger partial charge on any atom is -0.324 e. The SMILES string of the molecule is CCC(=O)Nc1cc(C)c(NC(=O)C2CC2)cn1. The number of hydrogen-bond donors (Lipinski definition) is 2. The van der Waals surface area contributed by atoms with Crippen LogP contribution in [0.5, 0.6) is 0 Å². The molecule has 5 nitrogen and oxygen atoms in total. The zero-order valence-corrected chi connectivity index (χ0v) is 10.6. The average Bonchev–Trinajstić information content (AvgIpc) is 3.16. The van der Waals surface area contributed by atoms with Crippen molar-refractivity contribution < 1.29 is 9.59 Å². The Balaban J connectivity index is 2.04. The van der Waals surface area contributed by atoms with E-state index in [4.69, 9.17) is 0 Å². The number of pyridine rings is 1. The Hall–Kier alpha value is -1.91. The lowest BCUT2D eigenvalue weighted by Gasteiger charge is -2.09. The molecule has 1 fully saturated rings. The van der Waals surface area contributed by atoms with E-state index in [1.807, 2.05) is 6.92 Å². The summed E-state index contributed by atoms with van der Waals surface area (Å²) < 4.78 is 0. The number of carbonyl (C=O) groups is 2. The maximum Gasteiger partial charge on any atom is 0.227 e. The van der Waals surface area contributed by atoms with Gasteiger partial charge in [-0.3, -0.25) is 9.59 Å². The summed E-state index contributed by atoms with van der Waals surface area (Å²) in [5.41, 5.74) is 1.60. The van der Waals surface area contributed by atoms with E-state index in [2.05, 4.69) is 15.6 Å². The Kier molecular flexibility index (Phi) is 3.60. The summed E-state index contributed by atoms with van der Waals surface area (Å²) in [6.45, 7) is 3.66. The van der Waals surface area contributed by atoms with Crippen LogP contribution in [0.25, 0.3) is 0 Å². The van der Waals surface area contributed by atoms with Gasteiger partial charge in [0.05, 0.1) is 11.9 Å². The van der Waals surface area contributed by atoms with E-state index in [0.29, 0.717) is 17.9 Å². The average molecular weight is 247 g/mol. The number of nitrogens with one attached hydrogen (secondary N) is 2. The lowest BCUT2D eigenvalue weighted by atomic mass is 10.2. The predicted octanol–water partition coefficient (Wildman–Crippen LogP) is 2.09. The summed E-state index contributed by atoms with van der Waals surface area (Å²) in [7, 11) is 0. The molecule has 2 N–H and O–H groups in total. The van der Waals surface area contributed by atoms with E-state index in [9.17, 15) is 9.59 Å². The zero-order valence-electron chi connectivity index (χ0n) is 10.6. The van der Waals surface area contributed by atoms with Crippen molar-refractivity contribution in [2.45, 2.75) is 33.1 Å². The summed E-state index contributed by atoms with van der Waals surface area (Å²) in [6.07, 6.45) is 3.95. The topological polar surface area (TPSA) is 71.1 Å². The quantitative estimate of drug-likeness (QED) is 0.855. The first kappa shape index (κ1) is 12.5. The summed E-state index contributed by atoms with van der Waals surface area (Å²) in [4.78, 5) is 27.0. The second-order valence-corrected chi connectivity index (χ2v) is 4.55. The monoisotopic (exact) mass is 247 g/mol. The summed E-state index contributed by atoms with van der Waals surface area (Å²) in [6, 6.07) is 1.76. The van der Waals surface area contributed by atoms with Gasteiger partial charge in [0, 0.05) is 12.3 Å². The van der Waals surface area contributed by atoms with E-state index < -0.39 is 0 Å². The fourth-order valence-corrected chi connectivity index (χ4v) is 1.57. The van der Waals surface area contributed by atoms with Crippen LogP contribution in [-0.4, -0.2) is 16.8 Å². The molecular weight excluding hydrogens is 230 g/mol. The maximum atomic E-state index is 11.6. The Labute approximate surface area is 106 Å². The van der Waals surface area contributed by atoms with Crippen LogP contribution in [0.3, 0.4) is 0 Å². The Morgan fingerprint density at radius 2 is 2.11 bits per heavy atom. The van der Waals surface area contributed by atoms with Crippen LogP contribution in [0.1, 0.15) is 31.7 Å². The lowest BCUT2D eigenvalue weighted by molar-refractivity contribution is -0.117. The molecule has 1 aromatic heterocycles. The summed E-state index contributed by atoms with van der Waals surface area (Å²) in [5, 5.41) is 5.54. The van der Waals surface area contributed by atoms with Crippen LogP contribution in [0, 0.1) is 12.8 Å². The predicted molar refractivity (Wildman–Crippen MR) is 69.2 cm³/mol. The first-order chi connectivity index (χ1) is 8.60. The van der Waals surface area contributed by atoms with E-state index in [-0.39, 0.29) is 17.7 Å². The second kappa shape index (κ2) is 5.16. The van der Waals surface area contributed by atoms with Gasteiger partial charge in [0.15, 0.2) is 0 Å². The number of nitrogens with zero attached hydrogens (tertiary/aromatic N) is 1. The molecule has 0 aliphatic heterocycles. The molecule has 1 aliphatic carbocycles. The number of amides is 2. The molecule has 0 unspecified atom stereocenters. The van der Waals surface area contributed by atoms with Gasteiger partial charge < -0.3 is 10.6 Å². The lowest BCUT2D eigenvalue weighted by Crippen LogP contribution is -2.15. The molecule has 0 radical (unpaired) electrons. The van der Waals surface area contributed by atoms with Gasteiger partial charge in [-0.25, -0.2) is 4.98 Å². The van der Waals surface area contributed by atoms with Crippen molar-refractivity contribution in [3.63, 3.8) is 0 Å². The minimum absolute atomic E-state index is 0.0604. The standard InChI is InChI=1S/C13H17N3O2/c1-3-12(17)16-11-6-8(2)10(7-14-11)15-13(18)9-4-5-9/h6-7,9H,3-5H2,1-2H3,(H,15,18)(H,14,16,17). The van der Waals surface area contributed by atoms with Crippen LogP contribution in [0.15, 0.2) is 12.3 Å². The van der Waals surface area contributed by atoms with Gasteiger partial charge in [0.25, 0.3) is 0 Å². The van der Waals surface area contributed by atoms with Gasteiger partial charge in [0.1, 0.15) is 5.82 Å². The Bertz CT molecular complexity index is 481. The molecular formula is C13H17N3O2. The molecule has 0 atom stereocenters. The molecule has 2 rings (SSSR count). The van der Waals surface area contributed by atoms with Gasteiger partial charge >= 0.3 is 0 Å². The van der Waals surface area contributed by atoms with Gasteiger partial charge in [-0.15, -0.1) is 0 Å².